The maximum Gasteiger partial charge on any atom is 0.292 e. The summed E-state index contributed by atoms with van der Waals surface area (Å²) in [6, 6.07) is 6.71. The summed E-state index contributed by atoms with van der Waals surface area (Å²) in [5, 5.41) is 19.0. The van der Waals surface area contributed by atoms with Crippen molar-refractivity contribution < 1.29 is 9.66 Å². The van der Waals surface area contributed by atoms with Crippen molar-refractivity contribution in [2.24, 2.45) is 0 Å². The van der Waals surface area contributed by atoms with Gasteiger partial charge in [0, 0.05) is 37.1 Å². The second-order valence-corrected chi connectivity index (χ2v) is 9.13. The van der Waals surface area contributed by atoms with Gasteiger partial charge in [-0.25, -0.2) is 9.97 Å². The highest BCUT2D eigenvalue weighted by Gasteiger charge is 2.23. The van der Waals surface area contributed by atoms with Crippen LogP contribution in [0.5, 0.6) is 0 Å². The fraction of sp³-hybridized carbons (Fsp3) is 0.455. The number of anilines is 2. The van der Waals surface area contributed by atoms with E-state index in [9.17, 15) is 10.1 Å². The van der Waals surface area contributed by atoms with E-state index in [0.717, 1.165) is 61.0 Å². The molecule has 1 aliphatic carbocycles. The molecule has 2 N–H and O–H groups in total. The monoisotopic (exact) mass is 454 g/mol. The Kier molecular flexibility index (Phi) is 6.15. The van der Waals surface area contributed by atoms with Crippen LogP contribution in [0.25, 0.3) is 10.2 Å². The number of hydrogen-bond donors (Lipinski definition) is 2. The van der Waals surface area contributed by atoms with Crippen LogP contribution in [-0.4, -0.2) is 59.2 Å². The van der Waals surface area contributed by atoms with E-state index in [-0.39, 0.29) is 10.6 Å². The van der Waals surface area contributed by atoms with Crippen molar-refractivity contribution in [1.82, 2.24) is 14.9 Å². The quantitative estimate of drug-likeness (QED) is 0.303. The average molecular weight is 455 g/mol. The third-order valence-electron chi connectivity index (χ3n) is 5.91. The van der Waals surface area contributed by atoms with Crippen molar-refractivity contribution in [3.8, 4) is 0 Å². The number of rotatable bonds is 8. The van der Waals surface area contributed by atoms with Crippen molar-refractivity contribution in [1.29, 1.82) is 0 Å². The zero-order valence-electron chi connectivity index (χ0n) is 17.8. The maximum atomic E-state index is 11.2. The Labute approximate surface area is 190 Å². The lowest BCUT2D eigenvalue weighted by Crippen LogP contribution is -2.36. The summed E-state index contributed by atoms with van der Waals surface area (Å²) in [7, 11) is 0. The van der Waals surface area contributed by atoms with Gasteiger partial charge in [-0.15, -0.1) is 11.3 Å². The van der Waals surface area contributed by atoms with Crippen LogP contribution >= 0.6 is 11.3 Å². The molecule has 0 spiro atoms. The van der Waals surface area contributed by atoms with E-state index >= 15 is 0 Å². The fourth-order valence-electron chi connectivity index (χ4n) is 4.36. The number of fused-ring (bicyclic) bond motifs is 3. The molecular weight excluding hydrogens is 428 g/mol. The molecule has 10 heteroatoms. The standard InChI is InChI=1S/C22H26N6O3S/c29-28(30)17-6-2-1-5-16(17)23-8-9-24-21-20-15-4-3-7-18(15)32-22(20)26-19(25-21)14-27-10-12-31-13-11-27/h1-2,5-6,23H,3-4,7-14H2,(H,24,25,26). The molecule has 1 aromatic carbocycles. The first-order chi connectivity index (χ1) is 15.7. The van der Waals surface area contributed by atoms with E-state index in [1.165, 1.54) is 22.9 Å². The minimum Gasteiger partial charge on any atom is -0.379 e. The lowest BCUT2D eigenvalue weighted by atomic mass is 10.2. The number of nitrogens with one attached hydrogen (secondary N) is 2. The molecule has 2 aromatic heterocycles. The van der Waals surface area contributed by atoms with Gasteiger partial charge >= 0.3 is 0 Å². The van der Waals surface area contributed by atoms with Crippen molar-refractivity contribution in [3.05, 3.63) is 50.6 Å². The summed E-state index contributed by atoms with van der Waals surface area (Å²) >= 11 is 1.79. The highest BCUT2D eigenvalue weighted by Crippen LogP contribution is 2.39. The second-order valence-electron chi connectivity index (χ2n) is 8.04. The molecule has 9 nitrogen and oxygen atoms in total. The second kappa shape index (κ2) is 9.35. The van der Waals surface area contributed by atoms with E-state index in [1.54, 1.807) is 29.5 Å². The van der Waals surface area contributed by atoms with E-state index in [2.05, 4.69) is 15.5 Å². The fourth-order valence-corrected chi connectivity index (χ4v) is 5.64. The summed E-state index contributed by atoms with van der Waals surface area (Å²) in [5.41, 5.74) is 1.99. The number of thiophene rings is 1. The number of morpholine rings is 1. The smallest absolute Gasteiger partial charge is 0.292 e. The zero-order chi connectivity index (χ0) is 21.9. The first-order valence-electron chi connectivity index (χ1n) is 11.0. The Bertz CT molecular complexity index is 1130. The van der Waals surface area contributed by atoms with Gasteiger partial charge in [-0.05, 0) is 30.9 Å². The lowest BCUT2D eigenvalue weighted by molar-refractivity contribution is -0.384. The van der Waals surface area contributed by atoms with Gasteiger partial charge in [-0.1, -0.05) is 12.1 Å². The Morgan fingerprint density at radius 2 is 1.94 bits per heavy atom. The van der Waals surface area contributed by atoms with Gasteiger partial charge in [0.1, 0.15) is 22.2 Å². The average Bonchev–Trinajstić information content (AvgIpc) is 3.38. The van der Waals surface area contributed by atoms with Gasteiger partial charge in [0.2, 0.25) is 0 Å². The number of para-hydroxylation sites is 2. The highest BCUT2D eigenvalue weighted by atomic mass is 32.1. The van der Waals surface area contributed by atoms with Gasteiger partial charge < -0.3 is 15.4 Å². The number of nitro groups is 1. The predicted octanol–water partition coefficient (Wildman–Crippen LogP) is 3.44. The molecule has 0 radical (unpaired) electrons. The lowest BCUT2D eigenvalue weighted by Gasteiger charge is -2.25. The van der Waals surface area contributed by atoms with Gasteiger partial charge in [-0.2, -0.15) is 0 Å². The summed E-state index contributed by atoms with van der Waals surface area (Å²) in [6.07, 6.45) is 3.38. The molecule has 0 unspecified atom stereocenters. The largest absolute Gasteiger partial charge is 0.379 e. The number of nitrogens with zero attached hydrogens (tertiary/aromatic N) is 4. The number of benzene rings is 1. The topological polar surface area (TPSA) is 105 Å². The summed E-state index contributed by atoms with van der Waals surface area (Å²) < 4.78 is 5.46. The van der Waals surface area contributed by atoms with E-state index < -0.39 is 0 Å². The first kappa shape index (κ1) is 21.0. The number of aromatic nitrogens is 2. The van der Waals surface area contributed by atoms with Gasteiger partial charge in [-0.3, -0.25) is 15.0 Å². The van der Waals surface area contributed by atoms with Crippen LogP contribution < -0.4 is 10.6 Å². The normalized spacial score (nSPS) is 16.2. The van der Waals surface area contributed by atoms with Crippen LogP contribution in [0.15, 0.2) is 24.3 Å². The Hall–Kier alpha value is -2.82. The third kappa shape index (κ3) is 4.38. The molecule has 1 fully saturated rings. The minimum atomic E-state index is -0.365. The molecule has 1 aliphatic heterocycles. The molecule has 32 heavy (non-hydrogen) atoms. The van der Waals surface area contributed by atoms with Crippen molar-refractivity contribution >= 4 is 38.7 Å². The van der Waals surface area contributed by atoms with Gasteiger partial charge in [0.05, 0.1) is 30.1 Å². The van der Waals surface area contributed by atoms with Crippen molar-refractivity contribution in [2.75, 3.05) is 50.0 Å². The Balaban J connectivity index is 1.33. The van der Waals surface area contributed by atoms with E-state index in [1.807, 2.05) is 0 Å². The predicted molar refractivity (Wildman–Crippen MR) is 126 cm³/mol. The number of hydrogen-bond acceptors (Lipinski definition) is 9. The van der Waals surface area contributed by atoms with Crippen LogP contribution in [-0.2, 0) is 24.1 Å². The third-order valence-corrected chi connectivity index (χ3v) is 7.10. The molecule has 0 saturated carbocycles. The molecule has 3 aromatic rings. The van der Waals surface area contributed by atoms with Crippen LogP contribution in [0.3, 0.4) is 0 Å². The van der Waals surface area contributed by atoms with Crippen molar-refractivity contribution in [2.45, 2.75) is 25.8 Å². The Morgan fingerprint density at radius 1 is 1.12 bits per heavy atom. The van der Waals surface area contributed by atoms with Crippen molar-refractivity contribution in [3.63, 3.8) is 0 Å². The molecular formula is C22H26N6O3S. The SMILES string of the molecule is O=[N+]([O-])c1ccccc1NCCNc1nc(CN2CCOCC2)nc2sc3c(c12)CCC3. The molecule has 0 amide bonds. The number of aryl methyl sites for hydroxylation is 2. The van der Waals surface area contributed by atoms with E-state index in [4.69, 9.17) is 14.7 Å². The molecule has 0 atom stereocenters. The molecule has 5 rings (SSSR count). The van der Waals surface area contributed by atoms with Crippen LogP contribution in [0.1, 0.15) is 22.7 Å². The van der Waals surface area contributed by atoms with Crippen LogP contribution in [0.4, 0.5) is 17.2 Å². The van der Waals surface area contributed by atoms with E-state index in [0.29, 0.717) is 25.3 Å². The first-order valence-corrected chi connectivity index (χ1v) is 11.8. The van der Waals surface area contributed by atoms with Crippen LogP contribution in [0.2, 0.25) is 0 Å². The Morgan fingerprint density at radius 3 is 2.78 bits per heavy atom. The van der Waals surface area contributed by atoms with Gasteiger partial charge in [0.25, 0.3) is 5.69 Å². The molecule has 3 heterocycles. The van der Waals surface area contributed by atoms with Gasteiger partial charge in [0.15, 0.2) is 0 Å². The molecule has 2 aliphatic rings. The minimum absolute atomic E-state index is 0.0837. The number of ether oxygens (including phenoxy) is 1. The molecule has 1 saturated heterocycles. The molecule has 168 valence electrons. The maximum absolute atomic E-state index is 11.2. The van der Waals surface area contributed by atoms with Crippen LogP contribution in [0, 0.1) is 10.1 Å². The zero-order valence-corrected chi connectivity index (χ0v) is 18.6. The summed E-state index contributed by atoms with van der Waals surface area (Å²) in [4.78, 5) is 25.5. The highest BCUT2D eigenvalue weighted by molar-refractivity contribution is 7.19. The number of nitro benzene ring substituents is 1. The summed E-state index contributed by atoms with van der Waals surface area (Å²) in [6.45, 7) is 5.14. The summed E-state index contributed by atoms with van der Waals surface area (Å²) in [5.74, 6) is 1.70. The molecule has 0 bridgehead atoms.